The molecule has 0 aliphatic carbocycles. The Bertz CT molecular complexity index is 659. The molecule has 7 nitrogen and oxygen atoms in total. The Morgan fingerprint density at radius 3 is 2.00 bits per heavy atom. The lowest BCUT2D eigenvalue weighted by molar-refractivity contribution is -0.384. The lowest BCUT2D eigenvalue weighted by Gasteiger charge is -2.18. The van der Waals surface area contributed by atoms with E-state index in [2.05, 4.69) is 11.7 Å². The Morgan fingerprint density at radius 2 is 1.45 bits per heavy atom. The van der Waals surface area contributed by atoms with Gasteiger partial charge in [0.25, 0.3) is 5.69 Å². The molecule has 0 aromatic heterocycles. The largest absolute Gasteiger partial charge is 0.469 e. The predicted octanol–water partition coefficient (Wildman–Crippen LogP) is 6.38. The molecule has 1 aromatic carbocycles. The molecule has 0 N–H and O–H groups in total. The van der Waals surface area contributed by atoms with Crippen LogP contribution in [-0.4, -0.2) is 30.1 Å². The summed E-state index contributed by atoms with van der Waals surface area (Å²) in [6.45, 7) is 2.19. The number of hydrogen-bond acceptors (Lipinski definition) is 6. The molecule has 0 bridgehead atoms. The van der Waals surface area contributed by atoms with E-state index in [4.69, 9.17) is 4.74 Å². The lowest BCUT2D eigenvalue weighted by atomic mass is 10.0. The molecule has 7 heteroatoms. The predicted molar refractivity (Wildman–Crippen MR) is 120 cm³/mol. The number of nitro groups is 1. The van der Waals surface area contributed by atoms with Crippen LogP contribution in [0.2, 0.25) is 0 Å². The molecule has 31 heavy (non-hydrogen) atoms. The highest BCUT2D eigenvalue weighted by Crippen LogP contribution is 2.19. The average Bonchev–Trinajstić information content (AvgIpc) is 2.77. The van der Waals surface area contributed by atoms with E-state index in [-0.39, 0.29) is 17.8 Å². The van der Waals surface area contributed by atoms with Crippen molar-refractivity contribution in [1.29, 1.82) is 0 Å². The minimum absolute atomic E-state index is 0.0490. The smallest absolute Gasteiger partial charge is 0.338 e. The molecule has 1 rings (SSSR count). The van der Waals surface area contributed by atoms with Gasteiger partial charge < -0.3 is 9.47 Å². The third-order valence-electron chi connectivity index (χ3n) is 5.35. The van der Waals surface area contributed by atoms with Crippen molar-refractivity contribution >= 4 is 17.6 Å². The van der Waals surface area contributed by atoms with Gasteiger partial charge in [0.2, 0.25) is 0 Å². The minimum Gasteiger partial charge on any atom is -0.469 e. The number of benzene rings is 1. The van der Waals surface area contributed by atoms with Gasteiger partial charge in [0, 0.05) is 18.6 Å². The van der Waals surface area contributed by atoms with E-state index in [0.717, 1.165) is 51.4 Å². The van der Waals surface area contributed by atoms with Gasteiger partial charge >= 0.3 is 11.9 Å². The van der Waals surface area contributed by atoms with Crippen molar-refractivity contribution in [2.45, 2.75) is 96.5 Å². The number of rotatable bonds is 17. The summed E-state index contributed by atoms with van der Waals surface area (Å²) in [5, 5.41) is 10.8. The number of methoxy groups -OCH3 is 1. The maximum absolute atomic E-state index is 12.5. The molecule has 0 fully saturated rings. The third kappa shape index (κ3) is 12.1. The molecule has 0 saturated carbocycles. The van der Waals surface area contributed by atoms with E-state index < -0.39 is 10.9 Å². The van der Waals surface area contributed by atoms with Crippen molar-refractivity contribution < 1.29 is 24.0 Å². The zero-order valence-corrected chi connectivity index (χ0v) is 19.0. The highest BCUT2D eigenvalue weighted by atomic mass is 16.6. The Kier molecular flexibility index (Phi) is 14.0. The standard InChI is InChI=1S/C24H37NO6/c1-3-4-5-6-7-10-13-22(14-11-8-9-12-15-23(26)30-2)31-24(27)20-16-18-21(19-17-20)25(28)29/h16-19,22H,3-15H2,1-2H3/t22-/m0/s1. The van der Waals surface area contributed by atoms with E-state index >= 15 is 0 Å². The van der Waals surface area contributed by atoms with Crippen LogP contribution in [0.15, 0.2) is 24.3 Å². The molecule has 0 unspecified atom stereocenters. The first-order valence-electron chi connectivity index (χ1n) is 11.5. The molecular formula is C24H37NO6. The first-order chi connectivity index (χ1) is 15.0. The molecule has 0 heterocycles. The van der Waals surface area contributed by atoms with Crippen LogP contribution in [0.5, 0.6) is 0 Å². The van der Waals surface area contributed by atoms with Crippen LogP contribution in [-0.2, 0) is 14.3 Å². The SMILES string of the molecule is CCCCCCCC[C@@H](CCCCCCC(=O)OC)OC(=O)c1ccc([N+](=O)[O-])cc1. The molecule has 0 amide bonds. The van der Waals surface area contributed by atoms with Crippen molar-refractivity contribution in [2.24, 2.45) is 0 Å². The number of ether oxygens (including phenoxy) is 2. The number of esters is 2. The van der Waals surface area contributed by atoms with Crippen molar-refractivity contribution in [1.82, 2.24) is 0 Å². The highest BCUT2D eigenvalue weighted by Gasteiger charge is 2.17. The van der Waals surface area contributed by atoms with Gasteiger partial charge in [-0.3, -0.25) is 14.9 Å². The maximum Gasteiger partial charge on any atom is 0.338 e. The van der Waals surface area contributed by atoms with Gasteiger partial charge in [-0.05, 0) is 44.2 Å². The van der Waals surface area contributed by atoms with Crippen LogP contribution in [0.3, 0.4) is 0 Å². The summed E-state index contributed by atoms with van der Waals surface area (Å²) in [6.07, 6.45) is 12.6. The lowest BCUT2D eigenvalue weighted by Crippen LogP contribution is -2.18. The number of nitro benzene ring substituents is 1. The fourth-order valence-corrected chi connectivity index (χ4v) is 3.45. The topological polar surface area (TPSA) is 95.7 Å². The molecule has 0 saturated heterocycles. The normalized spacial score (nSPS) is 11.7. The molecule has 0 aliphatic heterocycles. The van der Waals surface area contributed by atoms with Gasteiger partial charge in [-0.15, -0.1) is 0 Å². The van der Waals surface area contributed by atoms with E-state index in [1.54, 1.807) is 0 Å². The van der Waals surface area contributed by atoms with Crippen LogP contribution in [0.1, 0.15) is 101 Å². The number of nitrogens with zero attached hydrogens (tertiary/aromatic N) is 1. The first kappa shape index (κ1) is 26.6. The summed E-state index contributed by atoms with van der Waals surface area (Å²) in [4.78, 5) is 34.0. The van der Waals surface area contributed by atoms with Crippen LogP contribution in [0.4, 0.5) is 5.69 Å². The molecule has 0 radical (unpaired) electrons. The van der Waals surface area contributed by atoms with E-state index in [9.17, 15) is 19.7 Å². The molecule has 0 spiro atoms. The Balaban J connectivity index is 2.48. The van der Waals surface area contributed by atoms with Crippen LogP contribution < -0.4 is 0 Å². The number of carbonyl (C=O) groups is 2. The molecular weight excluding hydrogens is 398 g/mol. The zero-order chi connectivity index (χ0) is 22.9. The monoisotopic (exact) mass is 435 g/mol. The first-order valence-corrected chi connectivity index (χ1v) is 11.5. The van der Waals surface area contributed by atoms with E-state index in [0.29, 0.717) is 12.0 Å². The van der Waals surface area contributed by atoms with Crippen molar-refractivity contribution in [2.75, 3.05) is 7.11 Å². The average molecular weight is 436 g/mol. The van der Waals surface area contributed by atoms with Gasteiger partial charge in [-0.1, -0.05) is 51.9 Å². The fraction of sp³-hybridized carbons (Fsp3) is 0.667. The van der Waals surface area contributed by atoms with Gasteiger partial charge in [-0.25, -0.2) is 4.79 Å². The Morgan fingerprint density at radius 1 is 0.903 bits per heavy atom. The highest BCUT2D eigenvalue weighted by molar-refractivity contribution is 5.89. The van der Waals surface area contributed by atoms with Crippen molar-refractivity contribution in [3.63, 3.8) is 0 Å². The Labute approximate surface area is 185 Å². The Hall–Kier alpha value is -2.44. The summed E-state index contributed by atoms with van der Waals surface area (Å²) < 4.78 is 10.4. The van der Waals surface area contributed by atoms with Gasteiger partial charge in [0.15, 0.2) is 0 Å². The van der Waals surface area contributed by atoms with Crippen LogP contribution in [0.25, 0.3) is 0 Å². The van der Waals surface area contributed by atoms with Crippen molar-refractivity contribution in [3.05, 3.63) is 39.9 Å². The van der Waals surface area contributed by atoms with E-state index in [1.165, 1.54) is 57.1 Å². The maximum atomic E-state index is 12.5. The second-order valence-corrected chi connectivity index (χ2v) is 7.92. The molecule has 0 aliphatic rings. The second kappa shape index (κ2) is 16.3. The quantitative estimate of drug-likeness (QED) is 0.122. The number of carbonyl (C=O) groups excluding carboxylic acids is 2. The summed E-state index contributed by atoms with van der Waals surface area (Å²) >= 11 is 0. The van der Waals surface area contributed by atoms with Crippen LogP contribution in [0, 0.1) is 10.1 Å². The summed E-state index contributed by atoms with van der Waals surface area (Å²) in [5.74, 6) is -0.616. The van der Waals surface area contributed by atoms with Gasteiger partial charge in [0.1, 0.15) is 6.10 Å². The number of unbranched alkanes of at least 4 members (excludes halogenated alkanes) is 8. The fourth-order valence-electron chi connectivity index (χ4n) is 3.45. The summed E-state index contributed by atoms with van der Waals surface area (Å²) in [6, 6.07) is 5.52. The second-order valence-electron chi connectivity index (χ2n) is 7.92. The summed E-state index contributed by atoms with van der Waals surface area (Å²) in [5.41, 5.74) is 0.281. The summed E-state index contributed by atoms with van der Waals surface area (Å²) in [7, 11) is 1.40. The van der Waals surface area contributed by atoms with E-state index in [1.807, 2.05) is 0 Å². The molecule has 174 valence electrons. The number of hydrogen-bond donors (Lipinski definition) is 0. The third-order valence-corrected chi connectivity index (χ3v) is 5.35. The zero-order valence-electron chi connectivity index (χ0n) is 19.0. The molecule has 1 aromatic rings. The molecule has 1 atom stereocenters. The van der Waals surface area contributed by atoms with Crippen molar-refractivity contribution in [3.8, 4) is 0 Å². The number of non-ortho nitro benzene ring substituents is 1. The minimum atomic E-state index is -0.489. The van der Waals surface area contributed by atoms with Gasteiger partial charge in [0.05, 0.1) is 17.6 Å². The van der Waals surface area contributed by atoms with Gasteiger partial charge in [-0.2, -0.15) is 0 Å². The van der Waals surface area contributed by atoms with Crippen LogP contribution >= 0.6 is 0 Å².